The summed E-state index contributed by atoms with van der Waals surface area (Å²) in [4.78, 5) is 0. The van der Waals surface area contributed by atoms with E-state index in [0.717, 1.165) is 34.0 Å². The molecule has 2 nitrogen and oxygen atoms in total. The molecule has 0 N–H and O–H groups in total. The number of benzene rings is 2. The number of hydrogen-bond acceptors (Lipinski definition) is 2. The number of nitrogens with zero attached hydrogens (tertiary/aromatic N) is 1. The Morgan fingerprint density at radius 1 is 1.18 bits per heavy atom. The molecule has 0 atom stereocenters. The molecule has 4 heteroatoms. The molecule has 0 aliphatic heterocycles. The lowest BCUT2D eigenvalue weighted by molar-refractivity contribution is -0.669. The maximum absolute atomic E-state index is 6.53. The third kappa shape index (κ3) is 2.38. The molecule has 0 bridgehead atoms. The minimum Gasteiger partial charge on any atom is -0.496 e. The number of thiazole rings is 1. The van der Waals surface area contributed by atoms with Gasteiger partial charge < -0.3 is 4.74 Å². The van der Waals surface area contributed by atoms with Crippen LogP contribution in [-0.4, -0.2) is 7.11 Å². The summed E-state index contributed by atoms with van der Waals surface area (Å²) in [5.74, 6) is 0.859. The van der Waals surface area contributed by atoms with Crippen LogP contribution in [0.2, 0.25) is 5.02 Å². The van der Waals surface area contributed by atoms with Gasteiger partial charge in [-0.25, -0.2) is 0 Å². The lowest BCUT2D eigenvalue weighted by atomic mass is 10.0. The van der Waals surface area contributed by atoms with E-state index in [-0.39, 0.29) is 0 Å². The van der Waals surface area contributed by atoms with Crippen LogP contribution in [0.5, 0.6) is 5.75 Å². The third-order valence-corrected chi connectivity index (χ3v) is 5.32. The molecule has 0 aliphatic carbocycles. The summed E-state index contributed by atoms with van der Waals surface area (Å²) in [7, 11) is 1.71. The van der Waals surface area contributed by atoms with Crippen LogP contribution in [-0.2, 0) is 6.54 Å². The molecule has 0 spiro atoms. The van der Waals surface area contributed by atoms with Gasteiger partial charge in [0.05, 0.1) is 12.7 Å². The normalized spacial score (nSPS) is 11.1. The van der Waals surface area contributed by atoms with Crippen molar-refractivity contribution in [1.29, 1.82) is 0 Å². The Balaban J connectivity index is 2.44. The molecule has 0 saturated carbocycles. The quantitative estimate of drug-likeness (QED) is 0.604. The topological polar surface area (TPSA) is 13.1 Å². The van der Waals surface area contributed by atoms with Crippen LogP contribution in [0.3, 0.4) is 0 Å². The first-order chi connectivity index (χ1) is 10.6. The average Bonchev–Trinajstić information content (AvgIpc) is 2.82. The van der Waals surface area contributed by atoms with Gasteiger partial charge in [0.25, 0.3) is 0 Å². The molecule has 0 aliphatic rings. The van der Waals surface area contributed by atoms with Crippen LogP contribution in [0.1, 0.15) is 17.5 Å². The molecule has 0 saturated heterocycles. The molecule has 2 aromatic carbocycles. The number of aromatic nitrogens is 1. The van der Waals surface area contributed by atoms with Gasteiger partial charge in [-0.15, -0.1) is 0 Å². The average molecular weight is 333 g/mol. The molecule has 1 heterocycles. The van der Waals surface area contributed by atoms with E-state index in [0.29, 0.717) is 0 Å². The lowest BCUT2D eigenvalue weighted by Crippen LogP contribution is -2.33. The van der Waals surface area contributed by atoms with E-state index in [1.165, 1.54) is 15.2 Å². The van der Waals surface area contributed by atoms with Crippen molar-refractivity contribution < 1.29 is 9.30 Å². The summed E-state index contributed by atoms with van der Waals surface area (Å²) < 4.78 is 9.22. The van der Waals surface area contributed by atoms with E-state index in [4.69, 9.17) is 16.3 Å². The highest BCUT2D eigenvalue weighted by molar-refractivity contribution is 7.18. The maximum Gasteiger partial charge on any atom is 0.235 e. The summed E-state index contributed by atoms with van der Waals surface area (Å²) in [5.41, 5.74) is 4.46. The number of halogens is 1. The summed E-state index contributed by atoms with van der Waals surface area (Å²) in [6, 6.07) is 10.3. The van der Waals surface area contributed by atoms with Crippen molar-refractivity contribution in [3.05, 3.63) is 45.9 Å². The van der Waals surface area contributed by atoms with Crippen LogP contribution in [0.15, 0.2) is 30.3 Å². The fourth-order valence-electron chi connectivity index (χ4n) is 2.91. The standard InChI is InChI=1S/C18H19ClNOS/c1-5-20-12(3)22-16-9-8-15(21-4)17(18(16)20)13-7-6-11(2)10-14(13)19/h6-10H,5H2,1-4H3/q+1. The zero-order valence-corrected chi connectivity index (χ0v) is 14.8. The van der Waals surface area contributed by atoms with Crippen LogP contribution in [0, 0.1) is 13.8 Å². The van der Waals surface area contributed by atoms with Crippen molar-refractivity contribution in [1.82, 2.24) is 0 Å². The molecule has 0 unspecified atom stereocenters. The Hall–Kier alpha value is -1.58. The smallest absolute Gasteiger partial charge is 0.235 e. The zero-order chi connectivity index (χ0) is 15.9. The number of aryl methyl sites for hydroxylation is 3. The molecule has 22 heavy (non-hydrogen) atoms. The van der Waals surface area contributed by atoms with E-state index in [9.17, 15) is 0 Å². The van der Waals surface area contributed by atoms with Gasteiger partial charge in [0.2, 0.25) is 10.5 Å². The Bertz CT molecular complexity index is 854. The predicted molar refractivity (Wildman–Crippen MR) is 94.2 cm³/mol. The SMILES string of the molecule is CC[n+]1c(C)sc2ccc(OC)c(-c3ccc(C)cc3Cl)c21. The van der Waals surface area contributed by atoms with Gasteiger partial charge in [0.1, 0.15) is 17.0 Å². The predicted octanol–water partition coefficient (Wildman–Crippen LogP) is 5.15. The van der Waals surface area contributed by atoms with Gasteiger partial charge in [0, 0.05) is 17.5 Å². The summed E-state index contributed by atoms with van der Waals surface area (Å²) in [6.45, 7) is 7.30. The summed E-state index contributed by atoms with van der Waals surface area (Å²) in [5, 5.41) is 2.05. The van der Waals surface area contributed by atoms with Gasteiger partial charge in [0.15, 0.2) is 0 Å². The Morgan fingerprint density at radius 3 is 2.59 bits per heavy atom. The van der Waals surface area contributed by atoms with Crippen molar-refractivity contribution in [3.63, 3.8) is 0 Å². The highest BCUT2D eigenvalue weighted by atomic mass is 35.5. The molecular formula is C18H19ClNOS+. The molecular weight excluding hydrogens is 314 g/mol. The maximum atomic E-state index is 6.53. The first kappa shape index (κ1) is 15.3. The number of rotatable bonds is 3. The summed E-state index contributed by atoms with van der Waals surface area (Å²) >= 11 is 8.34. The number of ether oxygens (including phenoxy) is 1. The number of hydrogen-bond donors (Lipinski definition) is 0. The number of fused-ring (bicyclic) bond motifs is 1. The fourth-order valence-corrected chi connectivity index (χ4v) is 4.33. The van der Waals surface area contributed by atoms with Crippen LogP contribution in [0.25, 0.3) is 21.3 Å². The first-order valence-corrected chi connectivity index (χ1v) is 8.52. The molecule has 3 aromatic rings. The van der Waals surface area contributed by atoms with Crippen LogP contribution >= 0.6 is 22.9 Å². The second-order valence-corrected chi connectivity index (χ2v) is 6.98. The Labute approximate surface area is 139 Å². The van der Waals surface area contributed by atoms with E-state index in [1.54, 1.807) is 18.4 Å². The first-order valence-electron chi connectivity index (χ1n) is 7.33. The molecule has 0 amide bonds. The van der Waals surface area contributed by atoms with E-state index < -0.39 is 0 Å². The van der Waals surface area contributed by atoms with Crippen LogP contribution < -0.4 is 9.30 Å². The molecule has 0 radical (unpaired) electrons. The van der Waals surface area contributed by atoms with Gasteiger partial charge in [-0.2, -0.15) is 4.57 Å². The number of methoxy groups -OCH3 is 1. The second kappa shape index (κ2) is 5.90. The highest BCUT2D eigenvalue weighted by Gasteiger charge is 2.25. The molecule has 0 fully saturated rings. The van der Waals surface area contributed by atoms with E-state index >= 15 is 0 Å². The molecule has 114 valence electrons. The third-order valence-electron chi connectivity index (χ3n) is 3.94. The Morgan fingerprint density at radius 2 is 1.95 bits per heavy atom. The van der Waals surface area contributed by atoms with Gasteiger partial charge in [-0.3, -0.25) is 0 Å². The minimum atomic E-state index is 0.761. The summed E-state index contributed by atoms with van der Waals surface area (Å²) in [6.07, 6.45) is 0. The minimum absolute atomic E-state index is 0.761. The lowest BCUT2D eigenvalue weighted by Gasteiger charge is -2.10. The Kier molecular flexibility index (Phi) is 4.11. The second-order valence-electron chi connectivity index (χ2n) is 5.34. The molecule has 1 aromatic heterocycles. The van der Waals surface area contributed by atoms with E-state index in [2.05, 4.69) is 43.5 Å². The van der Waals surface area contributed by atoms with Crippen molar-refractivity contribution in [2.75, 3.05) is 7.11 Å². The van der Waals surface area contributed by atoms with Gasteiger partial charge >= 0.3 is 0 Å². The molecule has 3 rings (SSSR count). The van der Waals surface area contributed by atoms with Crippen LogP contribution in [0.4, 0.5) is 0 Å². The van der Waals surface area contributed by atoms with Crippen molar-refractivity contribution in [2.45, 2.75) is 27.3 Å². The van der Waals surface area contributed by atoms with Gasteiger partial charge in [-0.1, -0.05) is 35.1 Å². The van der Waals surface area contributed by atoms with E-state index in [1.807, 2.05) is 12.1 Å². The fraction of sp³-hybridized carbons (Fsp3) is 0.278. The monoisotopic (exact) mass is 332 g/mol. The van der Waals surface area contributed by atoms with Crippen molar-refractivity contribution >= 4 is 33.2 Å². The largest absolute Gasteiger partial charge is 0.496 e. The highest BCUT2D eigenvalue weighted by Crippen LogP contribution is 2.41. The van der Waals surface area contributed by atoms with Gasteiger partial charge in [-0.05, 0) is 37.6 Å². The van der Waals surface area contributed by atoms with Crippen molar-refractivity contribution in [3.8, 4) is 16.9 Å². The zero-order valence-electron chi connectivity index (χ0n) is 13.2. The van der Waals surface area contributed by atoms with Crippen molar-refractivity contribution in [2.24, 2.45) is 0 Å².